The molecule has 0 saturated carbocycles. The van der Waals surface area contributed by atoms with Crippen LogP contribution in [0.15, 0.2) is 29.0 Å². The molecule has 0 unspecified atom stereocenters. The van der Waals surface area contributed by atoms with E-state index in [0.717, 1.165) is 27.9 Å². The summed E-state index contributed by atoms with van der Waals surface area (Å²) in [4.78, 5) is 12.2. The first-order chi connectivity index (χ1) is 11.9. The fourth-order valence-electron chi connectivity index (χ4n) is 2.61. The number of aromatic nitrogens is 6. The van der Waals surface area contributed by atoms with E-state index in [1.807, 2.05) is 20.9 Å². The summed E-state index contributed by atoms with van der Waals surface area (Å²) >= 11 is 0. The standard InChI is InChI=1S/C16H20N6O2/c1-5-13-12(10-24-14-9-7-6-8-11(14)2)15(17-20(13)3)22-16(23)21(4)18-19-22/h6-9H,5,10H2,1-4H3/i6T. The molecule has 8 heteroatoms. The molecule has 24 heavy (non-hydrogen) atoms. The highest BCUT2D eigenvalue weighted by atomic mass is 16.5. The molecule has 3 aromatic rings. The van der Waals surface area contributed by atoms with Crippen LogP contribution < -0.4 is 10.4 Å². The Balaban J connectivity index is 2.00. The van der Waals surface area contributed by atoms with Gasteiger partial charge in [0.05, 0.1) is 6.93 Å². The normalized spacial score (nSPS) is 11.6. The van der Waals surface area contributed by atoms with Crippen LogP contribution in [0.5, 0.6) is 5.75 Å². The summed E-state index contributed by atoms with van der Waals surface area (Å²) in [5.74, 6) is 1.12. The Labute approximate surface area is 140 Å². The minimum atomic E-state index is -0.364. The Bertz CT molecular complexity index is 972. The van der Waals surface area contributed by atoms with E-state index < -0.39 is 0 Å². The number of hydrogen-bond acceptors (Lipinski definition) is 5. The van der Waals surface area contributed by atoms with E-state index in [1.54, 1.807) is 22.9 Å². The lowest BCUT2D eigenvalue weighted by Gasteiger charge is -2.10. The van der Waals surface area contributed by atoms with E-state index in [1.165, 1.54) is 11.7 Å². The molecule has 0 saturated heterocycles. The largest absolute Gasteiger partial charge is 0.488 e. The lowest BCUT2D eigenvalue weighted by atomic mass is 10.2. The summed E-state index contributed by atoms with van der Waals surface area (Å²) in [7, 11) is 3.37. The third kappa shape index (κ3) is 2.70. The number of nitrogens with zero attached hydrogens (tertiary/aromatic N) is 6. The molecule has 0 spiro atoms. The van der Waals surface area contributed by atoms with Crippen LogP contribution in [0.25, 0.3) is 5.82 Å². The maximum Gasteiger partial charge on any atom is 0.369 e. The van der Waals surface area contributed by atoms with E-state index in [9.17, 15) is 4.79 Å². The SMILES string of the molecule is [3H]c1ccc(OCc2c(-n3nnn(C)c3=O)nn(C)c2CC)c(C)c1. The van der Waals surface area contributed by atoms with Crippen molar-refractivity contribution in [1.82, 2.24) is 29.6 Å². The van der Waals surface area contributed by atoms with Crippen molar-refractivity contribution in [2.45, 2.75) is 26.9 Å². The molecule has 0 radical (unpaired) electrons. The second-order valence-electron chi connectivity index (χ2n) is 5.50. The van der Waals surface area contributed by atoms with Crippen LogP contribution in [-0.4, -0.2) is 29.6 Å². The molecule has 0 fully saturated rings. The van der Waals surface area contributed by atoms with E-state index in [-0.39, 0.29) is 12.3 Å². The summed E-state index contributed by atoms with van der Waals surface area (Å²) in [6.07, 6.45) is 0.738. The van der Waals surface area contributed by atoms with Crippen LogP contribution >= 0.6 is 0 Å². The van der Waals surface area contributed by atoms with Crippen molar-refractivity contribution in [2.24, 2.45) is 14.1 Å². The van der Waals surface area contributed by atoms with Gasteiger partial charge in [0.25, 0.3) is 0 Å². The summed E-state index contributed by atoms with van der Waals surface area (Å²) < 4.78 is 17.6. The molecule has 0 bridgehead atoms. The van der Waals surface area contributed by atoms with Gasteiger partial charge in [-0.05, 0) is 35.4 Å². The van der Waals surface area contributed by atoms with Crippen molar-refractivity contribution in [3.63, 3.8) is 0 Å². The minimum absolute atomic E-state index is 0.244. The van der Waals surface area contributed by atoms with Crippen LogP contribution in [0.3, 0.4) is 0 Å². The smallest absolute Gasteiger partial charge is 0.369 e. The maximum absolute atomic E-state index is 12.2. The van der Waals surface area contributed by atoms with E-state index in [2.05, 4.69) is 15.5 Å². The average Bonchev–Trinajstić information content (AvgIpc) is 3.06. The van der Waals surface area contributed by atoms with Crippen molar-refractivity contribution < 1.29 is 6.11 Å². The molecule has 0 aliphatic rings. The number of tetrazole rings is 1. The van der Waals surface area contributed by atoms with Gasteiger partial charge in [0.15, 0.2) is 5.82 Å². The molecule has 8 nitrogen and oxygen atoms in total. The van der Waals surface area contributed by atoms with Gasteiger partial charge in [0.2, 0.25) is 0 Å². The molecular weight excluding hydrogens is 308 g/mol. The number of aryl methyl sites for hydroxylation is 3. The van der Waals surface area contributed by atoms with Crippen molar-refractivity contribution in [3.8, 4) is 11.6 Å². The number of para-hydroxylation sites is 1. The van der Waals surface area contributed by atoms with Gasteiger partial charge in [0.1, 0.15) is 12.4 Å². The van der Waals surface area contributed by atoms with Gasteiger partial charge in [-0.1, -0.05) is 25.1 Å². The Hall–Kier alpha value is -2.90. The third-order valence-electron chi connectivity index (χ3n) is 3.90. The zero-order valence-electron chi connectivity index (χ0n) is 15.1. The van der Waals surface area contributed by atoms with Crippen LogP contribution in [0.2, 0.25) is 0 Å². The molecule has 0 aliphatic carbocycles. The van der Waals surface area contributed by atoms with Crippen molar-refractivity contribution >= 4 is 0 Å². The summed E-state index contributed by atoms with van der Waals surface area (Å²) in [5.41, 5.74) is 2.27. The molecule has 2 heterocycles. The lowest BCUT2D eigenvalue weighted by molar-refractivity contribution is 0.302. The van der Waals surface area contributed by atoms with E-state index in [0.29, 0.717) is 17.6 Å². The van der Waals surface area contributed by atoms with Crippen LogP contribution in [-0.2, 0) is 27.1 Å². The number of rotatable bonds is 5. The first-order valence-corrected chi connectivity index (χ1v) is 7.66. The van der Waals surface area contributed by atoms with Crippen molar-refractivity contribution in [3.05, 3.63) is 51.5 Å². The van der Waals surface area contributed by atoms with Gasteiger partial charge >= 0.3 is 5.69 Å². The molecule has 126 valence electrons. The van der Waals surface area contributed by atoms with Crippen LogP contribution in [0, 0.1) is 6.92 Å². The number of hydrogen-bond donors (Lipinski definition) is 0. The summed E-state index contributed by atoms with van der Waals surface area (Å²) in [6, 6.07) is 5.63. The zero-order valence-corrected chi connectivity index (χ0v) is 14.1. The van der Waals surface area contributed by atoms with Gasteiger partial charge in [-0.2, -0.15) is 9.78 Å². The number of benzene rings is 1. The molecule has 1 aromatic carbocycles. The Kier molecular flexibility index (Phi) is 3.86. The Morgan fingerprint density at radius 1 is 1.25 bits per heavy atom. The molecule has 2 aromatic heterocycles. The fraction of sp³-hybridized carbons (Fsp3) is 0.375. The minimum Gasteiger partial charge on any atom is -0.488 e. The van der Waals surface area contributed by atoms with Crippen molar-refractivity contribution in [2.75, 3.05) is 0 Å². The highest BCUT2D eigenvalue weighted by Crippen LogP contribution is 2.22. The molecule has 0 atom stereocenters. The molecular formula is C16H20N6O2. The zero-order chi connectivity index (χ0) is 18.1. The summed E-state index contributed by atoms with van der Waals surface area (Å²) in [6.45, 7) is 4.16. The van der Waals surface area contributed by atoms with E-state index in [4.69, 9.17) is 6.11 Å². The topological polar surface area (TPSA) is 79.8 Å². The van der Waals surface area contributed by atoms with Gasteiger partial charge < -0.3 is 4.74 Å². The molecule has 0 aliphatic heterocycles. The predicted molar refractivity (Wildman–Crippen MR) is 88.3 cm³/mol. The monoisotopic (exact) mass is 330 g/mol. The van der Waals surface area contributed by atoms with Crippen molar-refractivity contribution in [1.29, 1.82) is 0 Å². The van der Waals surface area contributed by atoms with Gasteiger partial charge in [0, 0.05) is 19.8 Å². The maximum atomic E-state index is 12.2. The third-order valence-corrected chi connectivity index (χ3v) is 3.90. The second kappa shape index (κ2) is 6.31. The first-order valence-electron chi connectivity index (χ1n) is 8.16. The molecule has 3 rings (SSSR count). The fourth-order valence-corrected chi connectivity index (χ4v) is 2.61. The van der Waals surface area contributed by atoms with Gasteiger partial charge in [-0.15, -0.1) is 4.68 Å². The summed E-state index contributed by atoms with van der Waals surface area (Å²) in [5, 5.41) is 12.1. The van der Waals surface area contributed by atoms with E-state index >= 15 is 0 Å². The van der Waals surface area contributed by atoms with Gasteiger partial charge in [-0.25, -0.2) is 4.79 Å². The van der Waals surface area contributed by atoms with Gasteiger partial charge in [-0.3, -0.25) is 4.68 Å². The second-order valence-corrected chi connectivity index (χ2v) is 5.50. The quantitative estimate of drug-likeness (QED) is 0.701. The lowest BCUT2D eigenvalue weighted by Crippen LogP contribution is -2.23. The average molecular weight is 330 g/mol. The first kappa shape index (κ1) is 14.7. The molecule has 0 N–H and O–H groups in total. The highest BCUT2D eigenvalue weighted by Gasteiger charge is 2.20. The van der Waals surface area contributed by atoms with Crippen LogP contribution in [0.4, 0.5) is 0 Å². The Morgan fingerprint density at radius 3 is 2.67 bits per heavy atom. The molecule has 0 amide bonds. The Morgan fingerprint density at radius 2 is 2.04 bits per heavy atom. The number of ether oxygens (including phenoxy) is 1. The van der Waals surface area contributed by atoms with Crippen LogP contribution in [0.1, 0.15) is 25.1 Å². The predicted octanol–water partition coefficient (Wildman–Crippen LogP) is 1.15. The highest BCUT2D eigenvalue weighted by molar-refractivity contribution is 5.38.